The highest BCUT2D eigenvalue weighted by Crippen LogP contribution is 2.35. The number of hydrogen-bond acceptors (Lipinski definition) is 4. The minimum atomic E-state index is -2.46. The Balaban J connectivity index is 4.78. The summed E-state index contributed by atoms with van der Waals surface area (Å²) in [7, 11) is -3.66. The summed E-state index contributed by atoms with van der Waals surface area (Å²) in [6, 6.07) is 3.96. The molecule has 0 aliphatic heterocycles. The first-order valence-corrected chi connectivity index (χ1v) is 13.9. The lowest BCUT2D eigenvalue weighted by atomic mass is 10.9. The van der Waals surface area contributed by atoms with Crippen molar-refractivity contribution in [3.63, 3.8) is 0 Å². The van der Waals surface area contributed by atoms with Gasteiger partial charge in [0.05, 0.1) is 5.38 Å². The molecule has 0 saturated heterocycles. The molecule has 0 aliphatic carbocycles. The molecule has 19 heavy (non-hydrogen) atoms. The minimum Gasteiger partial charge on any atom is -0.373 e. The van der Waals surface area contributed by atoms with E-state index in [4.69, 9.17) is 13.3 Å². The molecule has 0 heterocycles. The first-order valence-electron chi connectivity index (χ1n) is 7.63. The summed E-state index contributed by atoms with van der Waals surface area (Å²) >= 11 is 2.12. The van der Waals surface area contributed by atoms with Crippen molar-refractivity contribution in [2.45, 2.75) is 59.7 Å². The largest absolute Gasteiger partial charge is 0.510 e. The molecular formula is C13H32O3SSi2. The Morgan fingerprint density at radius 1 is 0.684 bits per heavy atom. The van der Waals surface area contributed by atoms with Gasteiger partial charge in [-0.25, -0.2) is 0 Å². The Labute approximate surface area is 125 Å². The molecule has 0 fully saturated rings. The van der Waals surface area contributed by atoms with Crippen LogP contribution >= 0.6 is 11.2 Å². The standard InChI is InChI=1S/C13H32O3SSi2/c1-7-14-19(15-8-2,16-9-3)13-17-18(10-4,11-5)12-6/h7-13H2,1-6H3. The summed E-state index contributed by atoms with van der Waals surface area (Å²) in [5.74, 6) is 0. The molecule has 0 aromatic heterocycles. The van der Waals surface area contributed by atoms with Gasteiger partial charge in [0.2, 0.25) is 0 Å². The van der Waals surface area contributed by atoms with E-state index in [1.807, 2.05) is 20.8 Å². The molecule has 0 bridgehead atoms. The van der Waals surface area contributed by atoms with Gasteiger partial charge in [-0.2, -0.15) is 11.2 Å². The maximum absolute atomic E-state index is 5.94. The monoisotopic (exact) mass is 324 g/mol. The predicted molar refractivity (Wildman–Crippen MR) is 90.3 cm³/mol. The van der Waals surface area contributed by atoms with Gasteiger partial charge in [-0.15, -0.1) is 0 Å². The van der Waals surface area contributed by atoms with Gasteiger partial charge in [0.25, 0.3) is 0 Å². The third kappa shape index (κ3) is 6.31. The molecule has 116 valence electrons. The van der Waals surface area contributed by atoms with E-state index < -0.39 is 16.0 Å². The topological polar surface area (TPSA) is 27.7 Å². The molecule has 0 spiro atoms. The van der Waals surface area contributed by atoms with Crippen molar-refractivity contribution in [2.75, 3.05) is 25.2 Å². The van der Waals surface area contributed by atoms with Crippen molar-refractivity contribution in [1.29, 1.82) is 0 Å². The van der Waals surface area contributed by atoms with Gasteiger partial charge < -0.3 is 13.3 Å². The number of hydrogen-bond donors (Lipinski definition) is 0. The molecule has 0 aromatic carbocycles. The summed E-state index contributed by atoms with van der Waals surface area (Å²) in [6.07, 6.45) is 0. The SMILES string of the molecule is CCO[Si](CS[Si](CC)(CC)CC)(OCC)OCC. The zero-order valence-electron chi connectivity index (χ0n) is 13.6. The summed E-state index contributed by atoms with van der Waals surface area (Å²) in [5, 5.41) is 0.921. The molecule has 0 saturated carbocycles. The van der Waals surface area contributed by atoms with Gasteiger partial charge in [-0.3, -0.25) is 0 Å². The zero-order chi connectivity index (χ0) is 14.8. The average Bonchev–Trinajstić information content (AvgIpc) is 2.42. The molecular weight excluding hydrogens is 292 g/mol. The third-order valence-corrected chi connectivity index (χ3v) is 18.0. The lowest BCUT2D eigenvalue weighted by Crippen LogP contribution is -2.50. The van der Waals surface area contributed by atoms with Gasteiger partial charge in [-0.05, 0) is 20.8 Å². The fourth-order valence-corrected chi connectivity index (χ4v) is 15.0. The first-order chi connectivity index (χ1) is 9.07. The molecule has 0 N–H and O–H groups in total. The van der Waals surface area contributed by atoms with Crippen molar-refractivity contribution in [1.82, 2.24) is 0 Å². The zero-order valence-corrected chi connectivity index (χ0v) is 16.4. The number of rotatable bonds is 12. The van der Waals surface area contributed by atoms with E-state index in [1.54, 1.807) is 0 Å². The maximum atomic E-state index is 5.94. The van der Waals surface area contributed by atoms with Crippen molar-refractivity contribution < 1.29 is 13.3 Å². The van der Waals surface area contributed by atoms with E-state index in [1.165, 1.54) is 18.1 Å². The first kappa shape index (κ1) is 19.7. The van der Waals surface area contributed by atoms with Crippen LogP contribution in [0.25, 0.3) is 0 Å². The molecule has 0 atom stereocenters. The second-order valence-corrected chi connectivity index (χ2v) is 16.1. The Bertz CT molecular complexity index is 201. The molecule has 6 heteroatoms. The highest BCUT2D eigenvalue weighted by molar-refractivity contribution is 8.29. The van der Waals surface area contributed by atoms with Crippen LogP contribution in [0.1, 0.15) is 41.5 Å². The van der Waals surface area contributed by atoms with E-state index in [0.29, 0.717) is 19.8 Å². The Morgan fingerprint density at radius 2 is 1.05 bits per heavy atom. The molecule has 0 aromatic rings. The van der Waals surface area contributed by atoms with Crippen molar-refractivity contribution in [2.24, 2.45) is 0 Å². The van der Waals surface area contributed by atoms with Gasteiger partial charge in [0.15, 0.2) is 0 Å². The van der Waals surface area contributed by atoms with E-state index in [9.17, 15) is 0 Å². The van der Waals surface area contributed by atoms with Crippen LogP contribution in [0.4, 0.5) is 0 Å². The van der Waals surface area contributed by atoms with Crippen LogP contribution in [-0.2, 0) is 13.3 Å². The van der Waals surface area contributed by atoms with E-state index in [2.05, 4.69) is 32.0 Å². The van der Waals surface area contributed by atoms with Crippen LogP contribution in [0, 0.1) is 0 Å². The fourth-order valence-electron chi connectivity index (χ4n) is 2.21. The van der Waals surface area contributed by atoms with Gasteiger partial charge >= 0.3 is 8.80 Å². The summed E-state index contributed by atoms with van der Waals surface area (Å²) in [4.78, 5) is 0. The van der Waals surface area contributed by atoms with E-state index in [-0.39, 0.29) is 0 Å². The normalized spacial score (nSPS) is 12.9. The fraction of sp³-hybridized carbons (Fsp3) is 1.00. The molecule has 0 rings (SSSR count). The van der Waals surface area contributed by atoms with Gasteiger partial charge in [0.1, 0.15) is 7.22 Å². The predicted octanol–water partition coefficient (Wildman–Crippen LogP) is 4.31. The Hall–Kier alpha value is 0.664. The molecule has 3 nitrogen and oxygen atoms in total. The third-order valence-electron chi connectivity index (χ3n) is 3.58. The lowest BCUT2D eigenvalue weighted by molar-refractivity contribution is 0.0773. The van der Waals surface area contributed by atoms with Crippen molar-refractivity contribution in [3.8, 4) is 0 Å². The molecule has 0 unspecified atom stereocenters. The summed E-state index contributed by atoms with van der Waals surface area (Å²) in [6.45, 7) is 15.1. The van der Waals surface area contributed by atoms with E-state index in [0.717, 1.165) is 5.38 Å². The van der Waals surface area contributed by atoms with Crippen molar-refractivity contribution >= 4 is 27.2 Å². The maximum Gasteiger partial charge on any atom is 0.510 e. The van der Waals surface area contributed by atoms with E-state index >= 15 is 0 Å². The molecule has 0 radical (unpaired) electrons. The average molecular weight is 325 g/mol. The second-order valence-electron chi connectivity index (χ2n) is 4.51. The van der Waals surface area contributed by atoms with Gasteiger partial charge in [-0.1, -0.05) is 38.9 Å². The summed E-state index contributed by atoms with van der Waals surface area (Å²) < 4.78 is 17.8. The molecule has 0 aliphatic rings. The van der Waals surface area contributed by atoms with Crippen molar-refractivity contribution in [3.05, 3.63) is 0 Å². The van der Waals surface area contributed by atoms with Crippen LogP contribution in [0.15, 0.2) is 0 Å². The van der Waals surface area contributed by atoms with Crippen LogP contribution in [-0.4, -0.2) is 41.2 Å². The Kier molecular flexibility index (Phi) is 10.8. The quantitative estimate of drug-likeness (QED) is 0.500. The lowest BCUT2D eigenvalue weighted by Gasteiger charge is -2.33. The highest BCUT2D eigenvalue weighted by Gasteiger charge is 2.43. The smallest absolute Gasteiger partial charge is 0.373 e. The second kappa shape index (κ2) is 10.4. The molecule has 0 amide bonds. The van der Waals surface area contributed by atoms with Crippen LogP contribution in [0.2, 0.25) is 18.1 Å². The van der Waals surface area contributed by atoms with Gasteiger partial charge in [0, 0.05) is 19.8 Å². The highest BCUT2D eigenvalue weighted by atomic mass is 32.4. The van der Waals surface area contributed by atoms with Crippen LogP contribution in [0.3, 0.4) is 0 Å². The van der Waals surface area contributed by atoms with Crippen LogP contribution < -0.4 is 0 Å². The summed E-state index contributed by atoms with van der Waals surface area (Å²) in [5.41, 5.74) is 0. The minimum absolute atomic E-state index is 0.672. The van der Waals surface area contributed by atoms with Crippen LogP contribution in [0.5, 0.6) is 0 Å². The Morgan fingerprint density at radius 3 is 1.32 bits per heavy atom.